The number of carbonyl (C=O) groups is 1. The van der Waals surface area contributed by atoms with Crippen molar-refractivity contribution in [2.24, 2.45) is 0 Å². The van der Waals surface area contributed by atoms with Gasteiger partial charge in [-0.1, -0.05) is 30.3 Å². The average molecular weight is 252 g/mol. The van der Waals surface area contributed by atoms with Crippen LogP contribution in [-0.4, -0.2) is 36.2 Å². The van der Waals surface area contributed by atoms with E-state index in [9.17, 15) is 4.79 Å². The minimum absolute atomic E-state index is 0.0561. The summed E-state index contributed by atoms with van der Waals surface area (Å²) in [6, 6.07) is 9.72. The molecule has 5 heteroatoms. The van der Waals surface area contributed by atoms with Crippen LogP contribution in [0.5, 0.6) is 0 Å². The molecule has 5 nitrogen and oxygen atoms in total. The summed E-state index contributed by atoms with van der Waals surface area (Å²) in [4.78, 5) is 10.7. The minimum atomic E-state index is -1.01. The Labute approximate surface area is 105 Å². The zero-order valence-electron chi connectivity index (χ0n) is 10.2. The quantitative estimate of drug-likeness (QED) is 0.858. The molecule has 0 saturated carbocycles. The smallest absolute Gasteiger partial charge is 0.335 e. The van der Waals surface area contributed by atoms with Gasteiger partial charge in [0.2, 0.25) is 0 Å². The summed E-state index contributed by atoms with van der Waals surface area (Å²) in [5.74, 6) is -1.99. The van der Waals surface area contributed by atoms with Gasteiger partial charge in [-0.15, -0.1) is 0 Å². The van der Waals surface area contributed by atoms with Crippen molar-refractivity contribution < 1.29 is 24.1 Å². The number of hydrogen-bond acceptors (Lipinski definition) is 4. The Morgan fingerprint density at radius 1 is 1.50 bits per heavy atom. The van der Waals surface area contributed by atoms with Gasteiger partial charge < -0.3 is 19.3 Å². The number of benzene rings is 1. The van der Waals surface area contributed by atoms with Gasteiger partial charge >= 0.3 is 5.97 Å². The van der Waals surface area contributed by atoms with Crippen LogP contribution in [0.4, 0.5) is 0 Å². The zero-order chi connectivity index (χ0) is 13.0. The number of rotatable bonds is 5. The number of carboxylic acids is 1. The van der Waals surface area contributed by atoms with Gasteiger partial charge in [0.05, 0.1) is 13.2 Å². The van der Waals surface area contributed by atoms with Crippen molar-refractivity contribution in [3.05, 3.63) is 35.9 Å². The predicted octanol–water partition coefficient (Wildman–Crippen LogP) is 1.42. The van der Waals surface area contributed by atoms with E-state index in [2.05, 4.69) is 0 Å². The molecular formula is C13H16O5. The molecular weight excluding hydrogens is 236 g/mol. The molecule has 98 valence electrons. The molecule has 1 aliphatic heterocycles. The highest BCUT2D eigenvalue weighted by Gasteiger charge is 2.40. The Hall–Kier alpha value is -1.43. The highest BCUT2D eigenvalue weighted by molar-refractivity contribution is 5.72. The van der Waals surface area contributed by atoms with E-state index in [-0.39, 0.29) is 13.2 Å². The Morgan fingerprint density at radius 3 is 2.83 bits per heavy atom. The van der Waals surface area contributed by atoms with E-state index in [0.717, 1.165) is 5.56 Å². The SMILES string of the molecule is C[C@]1(COCc2ccccc2)OC[C@@H](C(=O)O)O1. The van der Waals surface area contributed by atoms with Crippen LogP contribution in [0.25, 0.3) is 0 Å². The van der Waals surface area contributed by atoms with Crippen LogP contribution in [0.2, 0.25) is 0 Å². The zero-order valence-corrected chi connectivity index (χ0v) is 10.2. The lowest BCUT2D eigenvalue weighted by atomic mass is 10.2. The van der Waals surface area contributed by atoms with Crippen LogP contribution in [0.1, 0.15) is 12.5 Å². The van der Waals surface area contributed by atoms with E-state index in [4.69, 9.17) is 19.3 Å². The lowest BCUT2D eigenvalue weighted by Crippen LogP contribution is -2.34. The molecule has 1 aromatic rings. The molecule has 1 aromatic carbocycles. The molecule has 1 saturated heterocycles. The Balaban J connectivity index is 1.79. The lowest BCUT2D eigenvalue weighted by molar-refractivity contribution is -0.197. The summed E-state index contributed by atoms with van der Waals surface area (Å²) < 4.78 is 16.1. The van der Waals surface area contributed by atoms with Crippen LogP contribution in [-0.2, 0) is 25.6 Å². The van der Waals surface area contributed by atoms with E-state index >= 15 is 0 Å². The van der Waals surface area contributed by atoms with Crippen molar-refractivity contribution in [1.29, 1.82) is 0 Å². The highest BCUT2D eigenvalue weighted by atomic mass is 16.8. The summed E-state index contributed by atoms with van der Waals surface area (Å²) in [5.41, 5.74) is 1.05. The molecule has 1 fully saturated rings. The third kappa shape index (κ3) is 3.29. The first-order chi connectivity index (χ1) is 8.59. The van der Waals surface area contributed by atoms with E-state index in [1.807, 2.05) is 30.3 Å². The molecule has 0 unspecified atom stereocenters. The van der Waals surface area contributed by atoms with Gasteiger partial charge in [0.1, 0.15) is 6.61 Å². The standard InChI is InChI=1S/C13H16O5/c1-13(17-8-11(18-13)12(14)15)9-16-7-10-5-3-2-4-6-10/h2-6,11H,7-9H2,1H3,(H,14,15)/t11-,13-/m0/s1. The van der Waals surface area contributed by atoms with Crippen molar-refractivity contribution in [1.82, 2.24) is 0 Å². The second kappa shape index (κ2) is 5.48. The topological polar surface area (TPSA) is 65.0 Å². The Morgan fingerprint density at radius 2 is 2.22 bits per heavy atom. The molecule has 0 radical (unpaired) electrons. The summed E-state index contributed by atoms with van der Waals surface area (Å²) in [6.45, 7) is 2.38. The van der Waals surface area contributed by atoms with Gasteiger partial charge in [-0.2, -0.15) is 0 Å². The van der Waals surface area contributed by atoms with Crippen molar-refractivity contribution in [2.45, 2.75) is 25.4 Å². The van der Waals surface area contributed by atoms with Gasteiger partial charge in [-0.3, -0.25) is 0 Å². The van der Waals surface area contributed by atoms with Gasteiger partial charge in [0.25, 0.3) is 0 Å². The summed E-state index contributed by atoms with van der Waals surface area (Å²) in [7, 11) is 0. The lowest BCUT2D eigenvalue weighted by Gasteiger charge is -2.22. The molecule has 1 N–H and O–H groups in total. The Bertz CT molecular complexity index is 405. The van der Waals surface area contributed by atoms with Crippen molar-refractivity contribution in [3.8, 4) is 0 Å². The normalized spacial score (nSPS) is 27.3. The predicted molar refractivity (Wildman–Crippen MR) is 63.0 cm³/mol. The number of hydrogen-bond donors (Lipinski definition) is 1. The molecule has 2 atom stereocenters. The summed E-state index contributed by atoms with van der Waals surface area (Å²) in [6.07, 6.45) is -0.907. The van der Waals surface area contributed by atoms with Gasteiger partial charge in [-0.25, -0.2) is 4.79 Å². The average Bonchev–Trinajstić information content (AvgIpc) is 2.74. The van der Waals surface area contributed by atoms with Crippen molar-refractivity contribution in [3.63, 3.8) is 0 Å². The molecule has 1 heterocycles. The van der Waals surface area contributed by atoms with E-state index in [1.165, 1.54) is 0 Å². The maximum absolute atomic E-state index is 10.7. The molecule has 18 heavy (non-hydrogen) atoms. The first kappa shape index (κ1) is 13.0. The third-order valence-electron chi connectivity index (χ3n) is 2.68. The second-order valence-electron chi connectivity index (χ2n) is 4.37. The fourth-order valence-electron chi connectivity index (χ4n) is 1.75. The van der Waals surface area contributed by atoms with Crippen LogP contribution in [0, 0.1) is 0 Å². The van der Waals surface area contributed by atoms with Crippen molar-refractivity contribution in [2.75, 3.05) is 13.2 Å². The maximum atomic E-state index is 10.7. The summed E-state index contributed by atoms with van der Waals surface area (Å²) in [5, 5.41) is 8.80. The third-order valence-corrected chi connectivity index (χ3v) is 2.68. The summed E-state index contributed by atoms with van der Waals surface area (Å²) >= 11 is 0. The van der Waals surface area contributed by atoms with Crippen LogP contribution >= 0.6 is 0 Å². The molecule has 0 spiro atoms. The fourth-order valence-corrected chi connectivity index (χ4v) is 1.75. The number of ether oxygens (including phenoxy) is 3. The van der Waals surface area contributed by atoms with Crippen LogP contribution < -0.4 is 0 Å². The molecule has 0 aromatic heterocycles. The second-order valence-corrected chi connectivity index (χ2v) is 4.37. The molecule has 0 bridgehead atoms. The fraction of sp³-hybridized carbons (Fsp3) is 0.462. The largest absolute Gasteiger partial charge is 0.479 e. The number of aliphatic carboxylic acids is 1. The monoisotopic (exact) mass is 252 g/mol. The molecule has 2 rings (SSSR count). The van der Waals surface area contributed by atoms with Gasteiger partial charge in [-0.05, 0) is 12.5 Å². The first-order valence-corrected chi connectivity index (χ1v) is 5.75. The highest BCUT2D eigenvalue weighted by Crippen LogP contribution is 2.24. The maximum Gasteiger partial charge on any atom is 0.335 e. The minimum Gasteiger partial charge on any atom is -0.479 e. The molecule has 0 aliphatic carbocycles. The molecule has 1 aliphatic rings. The van der Waals surface area contributed by atoms with E-state index in [1.54, 1.807) is 6.92 Å². The number of carboxylic acid groups (broad SMARTS) is 1. The van der Waals surface area contributed by atoms with Crippen LogP contribution in [0.15, 0.2) is 30.3 Å². The van der Waals surface area contributed by atoms with Crippen LogP contribution in [0.3, 0.4) is 0 Å². The Kier molecular flexibility index (Phi) is 3.96. The van der Waals surface area contributed by atoms with Gasteiger partial charge in [0.15, 0.2) is 11.9 Å². The van der Waals surface area contributed by atoms with E-state index < -0.39 is 17.9 Å². The molecule has 0 amide bonds. The van der Waals surface area contributed by atoms with E-state index in [0.29, 0.717) is 6.61 Å². The first-order valence-electron chi connectivity index (χ1n) is 5.75. The van der Waals surface area contributed by atoms with Gasteiger partial charge in [0, 0.05) is 0 Å². The van der Waals surface area contributed by atoms with Crippen molar-refractivity contribution >= 4 is 5.97 Å².